The van der Waals surface area contributed by atoms with Gasteiger partial charge in [0.1, 0.15) is 0 Å². The summed E-state index contributed by atoms with van der Waals surface area (Å²) in [7, 11) is 3.82. The van der Waals surface area contributed by atoms with Gasteiger partial charge in [0.15, 0.2) is 16.3 Å². The molecule has 1 saturated heterocycles. The number of likely N-dealkylation sites (N-methyl/N-ethyl adjacent to an activating group) is 1. The predicted octanol–water partition coefficient (Wildman–Crippen LogP) is -1.27. The third-order valence-corrected chi connectivity index (χ3v) is 6.15. The number of nitrogens with zero attached hydrogens (tertiary/aromatic N) is 6. The number of aryl methyl sites for hydroxylation is 2. The van der Waals surface area contributed by atoms with Gasteiger partial charge in [-0.25, -0.2) is 14.8 Å². The molecule has 11 heteroatoms. The lowest BCUT2D eigenvalue weighted by molar-refractivity contribution is -0.880. The van der Waals surface area contributed by atoms with E-state index >= 15 is 0 Å². The van der Waals surface area contributed by atoms with Gasteiger partial charge < -0.3 is 14.4 Å². The van der Waals surface area contributed by atoms with Gasteiger partial charge in [0, 0.05) is 31.7 Å². The second-order valence-corrected chi connectivity index (χ2v) is 8.29. The molecule has 4 heterocycles. The van der Waals surface area contributed by atoms with Crippen molar-refractivity contribution in [2.24, 2.45) is 7.05 Å². The zero-order chi connectivity index (χ0) is 20.4. The fraction of sp³-hybridized carbons (Fsp3) is 0.500. The Hall–Kier alpha value is -2.66. The summed E-state index contributed by atoms with van der Waals surface area (Å²) in [6.07, 6.45) is 4.28. The van der Waals surface area contributed by atoms with Gasteiger partial charge in [-0.2, -0.15) is 4.98 Å². The fourth-order valence-electron chi connectivity index (χ4n) is 3.51. The van der Waals surface area contributed by atoms with E-state index in [-0.39, 0.29) is 5.56 Å². The van der Waals surface area contributed by atoms with Crippen LogP contribution < -0.4 is 21.0 Å². The average Bonchev–Trinajstić information content (AvgIpc) is 3.11. The number of thioether (sulfide) groups is 1. The Bertz CT molecular complexity index is 1100. The number of rotatable bonds is 6. The molecule has 3 aromatic rings. The van der Waals surface area contributed by atoms with Crippen LogP contribution in [0.1, 0.15) is 6.42 Å². The van der Waals surface area contributed by atoms with E-state index in [1.54, 1.807) is 37.3 Å². The average molecular weight is 418 g/mol. The van der Waals surface area contributed by atoms with Crippen LogP contribution in [0.25, 0.3) is 11.2 Å². The Morgan fingerprint density at radius 2 is 1.93 bits per heavy atom. The zero-order valence-corrected chi connectivity index (χ0v) is 17.4. The highest BCUT2D eigenvalue weighted by atomic mass is 32.2. The number of hydrogen-bond donors (Lipinski definition) is 2. The van der Waals surface area contributed by atoms with Crippen molar-refractivity contribution in [3.63, 3.8) is 0 Å². The summed E-state index contributed by atoms with van der Waals surface area (Å²) in [6.45, 7) is 4.40. The first-order chi connectivity index (χ1) is 14.0. The Labute approximate surface area is 171 Å². The molecule has 10 nitrogen and oxygen atoms in total. The van der Waals surface area contributed by atoms with E-state index in [0.29, 0.717) is 17.7 Å². The number of piperazine rings is 1. The molecule has 4 rings (SSSR count). The first-order valence-corrected chi connectivity index (χ1v) is 10.7. The second kappa shape index (κ2) is 8.37. The molecule has 0 amide bonds. The van der Waals surface area contributed by atoms with Crippen LogP contribution in [0.4, 0.5) is 5.95 Å². The number of aromatic amines is 1. The Balaban J connectivity index is 1.62. The number of H-pyrrole nitrogens is 1. The summed E-state index contributed by atoms with van der Waals surface area (Å²) in [5, 5.41) is 0.741. The van der Waals surface area contributed by atoms with Crippen LogP contribution in [0.15, 0.2) is 33.2 Å². The lowest BCUT2D eigenvalue weighted by atomic mass is 10.3. The molecule has 0 bridgehead atoms. The van der Waals surface area contributed by atoms with Crippen LogP contribution in [0.5, 0.6) is 0 Å². The van der Waals surface area contributed by atoms with E-state index in [1.165, 1.54) is 9.47 Å². The molecule has 0 aliphatic carbocycles. The summed E-state index contributed by atoms with van der Waals surface area (Å²) in [6, 6.07) is 1.79. The largest absolute Gasteiger partial charge is 0.334 e. The number of nitrogens with one attached hydrogen (secondary N) is 2. The fourth-order valence-corrected chi connectivity index (χ4v) is 4.24. The smallest absolute Gasteiger partial charge is 0.329 e. The highest BCUT2D eigenvalue weighted by Gasteiger charge is 2.25. The molecule has 0 unspecified atom stereocenters. The Morgan fingerprint density at radius 1 is 1.21 bits per heavy atom. The second-order valence-electron chi connectivity index (χ2n) is 7.23. The van der Waals surface area contributed by atoms with E-state index in [9.17, 15) is 9.59 Å². The third-order valence-electron chi connectivity index (χ3n) is 5.19. The van der Waals surface area contributed by atoms with E-state index in [0.717, 1.165) is 49.5 Å². The van der Waals surface area contributed by atoms with Crippen molar-refractivity contribution in [1.29, 1.82) is 0 Å². The maximum Gasteiger partial charge on any atom is 0.329 e. The predicted molar refractivity (Wildman–Crippen MR) is 112 cm³/mol. The highest BCUT2D eigenvalue weighted by Crippen LogP contribution is 2.21. The minimum absolute atomic E-state index is 0.388. The van der Waals surface area contributed by atoms with Gasteiger partial charge in [0.05, 0.1) is 33.2 Å². The van der Waals surface area contributed by atoms with Crippen LogP contribution in [-0.4, -0.2) is 68.0 Å². The molecule has 0 spiro atoms. The van der Waals surface area contributed by atoms with Crippen LogP contribution >= 0.6 is 11.8 Å². The molecule has 0 aromatic carbocycles. The van der Waals surface area contributed by atoms with Crippen molar-refractivity contribution in [2.75, 3.05) is 43.9 Å². The quantitative estimate of drug-likeness (QED) is 0.293. The molecule has 154 valence electrons. The third kappa shape index (κ3) is 4.06. The molecule has 29 heavy (non-hydrogen) atoms. The van der Waals surface area contributed by atoms with Crippen molar-refractivity contribution in [2.45, 2.75) is 18.1 Å². The molecular weight excluding hydrogens is 392 g/mol. The van der Waals surface area contributed by atoms with Gasteiger partial charge in [0.2, 0.25) is 5.95 Å². The van der Waals surface area contributed by atoms with Gasteiger partial charge in [-0.15, -0.1) is 0 Å². The summed E-state index contributed by atoms with van der Waals surface area (Å²) in [5.74, 6) is 1.58. The lowest BCUT2D eigenvalue weighted by Crippen LogP contribution is -3.12. The van der Waals surface area contributed by atoms with Gasteiger partial charge in [0.25, 0.3) is 5.56 Å². The molecule has 3 aromatic heterocycles. The maximum atomic E-state index is 12.6. The standard InChI is InChI=1S/C18H24N8O2S/c1-23-8-10-25(11-9-23)17-21-14-13(15(27)22-18(28)24(14)2)26(17)7-4-12-29-16-19-5-3-6-20-16/h3,5-6H,4,7-12H2,1-2H3,(H,22,27,28)/p+1. The van der Waals surface area contributed by atoms with Crippen molar-refractivity contribution in [1.82, 2.24) is 29.1 Å². The topological polar surface area (TPSA) is 106 Å². The summed E-state index contributed by atoms with van der Waals surface area (Å²) >= 11 is 1.59. The van der Waals surface area contributed by atoms with Crippen LogP contribution in [0.3, 0.4) is 0 Å². The van der Waals surface area contributed by atoms with Crippen molar-refractivity contribution in [3.05, 3.63) is 39.3 Å². The van der Waals surface area contributed by atoms with Crippen LogP contribution in [0.2, 0.25) is 0 Å². The summed E-state index contributed by atoms with van der Waals surface area (Å²) < 4.78 is 3.37. The number of imidazole rings is 1. The number of aromatic nitrogens is 6. The molecule has 0 radical (unpaired) electrons. The van der Waals surface area contributed by atoms with Crippen molar-refractivity contribution >= 4 is 28.9 Å². The van der Waals surface area contributed by atoms with E-state index in [2.05, 4.69) is 26.9 Å². The van der Waals surface area contributed by atoms with E-state index in [1.807, 2.05) is 4.57 Å². The summed E-state index contributed by atoms with van der Waals surface area (Å²) in [4.78, 5) is 43.9. The monoisotopic (exact) mass is 417 g/mol. The Morgan fingerprint density at radius 3 is 2.66 bits per heavy atom. The molecule has 1 aliphatic rings. The lowest BCUT2D eigenvalue weighted by Gasteiger charge is -2.31. The minimum Gasteiger partial charge on any atom is -0.334 e. The molecule has 0 saturated carbocycles. The normalized spacial score (nSPS) is 15.3. The molecule has 0 atom stereocenters. The molecule has 1 aliphatic heterocycles. The van der Waals surface area contributed by atoms with Crippen molar-refractivity contribution in [3.8, 4) is 0 Å². The first-order valence-electron chi connectivity index (χ1n) is 9.70. The molecular formula is C18H25N8O2S+. The van der Waals surface area contributed by atoms with Gasteiger partial charge in [-0.3, -0.25) is 14.3 Å². The SMILES string of the molecule is Cn1c(=O)[nH]c(=O)c2c1nc(N1CC[NH+](C)CC1)n2CCCSc1ncccn1. The van der Waals surface area contributed by atoms with Gasteiger partial charge in [-0.05, 0) is 12.5 Å². The number of hydrogen-bond acceptors (Lipinski definition) is 7. The van der Waals surface area contributed by atoms with E-state index in [4.69, 9.17) is 4.98 Å². The first kappa shape index (κ1) is 19.6. The Kier molecular flexibility index (Phi) is 5.67. The number of fused-ring (bicyclic) bond motifs is 1. The highest BCUT2D eigenvalue weighted by molar-refractivity contribution is 7.99. The maximum absolute atomic E-state index is 12.6. The number of quaternary nitrogens is 1. The summed E-state index contributed by atoms with van der Waals surface area (Å²) in [5.41, 5.74) is 0.0485. The van der Waals surface area contributed by atoms with E-state index < -0.39 is 5.69 Å². The van der Waals surface area contributed by atoms with Gasteiger partial charge >= 0.3 is 5.69 Å². The number of anilines is 1. The van der Waals surface area contributed by atoms with Crippen molar-refractivity contribution < 1.29 is 4.90 Å². The van der Waals surface area contributed by atoms with Gasteiger partial charge in [-0.1, -0.05) is 11.8 Å². The minimum atomic E-state index is -0.446. The van der Waals surface area contributed by atoms with Crippen LogP contribution in [-0.2, 0) is 13.6 Å². The van der Waals surface area contributed by atoms with Crippen LogP contribution in [0, 0.1) is 0 Å². The zero-order valence-electron chi connectivity index (χ0n) is 16.6. The molecule has 1 fully saturated rings. The molecule has 2 N–H and O–H groups in total.